The highest BCUT2D eigenvalue weighted by Gasteiger charge is 2.35. The summed E-state index contributed by atoms with van der Waals surface area (Å²) in [7, 11) is 10.3. The molecule has 9 aromatic heterocycles. The molecule has 1 aliphatic heterocycles. The fraction of sp³-hybridized carbons (Fsp3) is 0.273. The Morgan fingerprint density at radius 3 is 1.16 bits per heavy atom. The molecular weight excluding hydrogens is 1340 g/mol. The monoisotopic (exact) mass is 1420 g/mol. The second kappa shape index (κ2) is 31.7. The summed E-state index contributed by atoms with van der Waals surface area (Å²) in [5.74, 6) is 7.49. The van der Waals surface area contributed by atoms with Crippen LogP contribution in [0.1, 0.15) is 94.4 Å². The lowest BCUT2D eigenvalue weighted by atomic mass is 10.1. The van der Waals surface area contributed by atoms with Crippen molar-refractivity contribution < 1.29 is 28.6 Å². The maximum absolute atomic E-state index is 13.1. The number of aromatic nitrogens is 16. The lowest BCUT2D eigenvalue weighted by Gasteiger charge is -2.28. The summed E-state index contributed by atoms with van der Waals surface area (Å²) < 4.78 is 22.1. The van der Waals surface area contributed by atoms with Gasteiger partial charge in [0.25, 0.3) is 0 Å². The summed E-state index contributed by atoms with van der Waals surface area (Å²) in [5, 5.41) is 41.0. The molecular formula is C77H79N23O6. The Balaban J connectivity index is 0.000000134. The minimum atomic E-state index is 0.0529. The van der Waals surface area contributed by atoms with Gasteiger partial charge in [0, 0.05) is 101 Å². The van der Waals surface area contributed by atoms with Gasteiger partial charge in [-0.1, -0.05) is 18.2 Å². The molecule has 0 atom stereocenters. The minimum absolute atomic E-state index is 0.0529. The smallest absolute Gasteiger partial charge is 0.184 e. The van der Waals surface area contributed by atoms with Gasteiger partial charge in [-0.3, -0.25) is 28.4 Å². The summed E-state index contributed by atoms with van der Waals surface area (Å²) in [6.45, 7) is 4.14. The van der Waals surface area contributed by atoms with Crippen molar-refractivity contribution in [3.63, 3.8) is 0 Å². The van der Waals surface area contributed by atoms with Gasteiger partial charge in [-0.25, -0.2) is 39.9 Å². The Bertz CT molecular complexity index is 5140. The van der Waals surface area contributed by atoms with Crippen LogP contribution in [-0.4, -0.2) is 131 Å². The molecule has 0 unspecified atom stereocenters. The molecule has 538 valence electrons. The number of rotatable bonds is 25. The fourth-order valence-electron chi connectivity index (χ4n) is 12.3. The fourth-order valence-corrected chi connectivity index (χ4v) is 12.3. The number of carbonyl (C=O) groups is 3. The standard InChI is InChI=1S/C29H32N8O2.C25H25N7O2.C23H22N8O2/c1-36-18-32-29(35-36)21-7-6-8-23(28(21)39-2)33-24-15-26(31-17-22(24)27(38)19-9-10-19)34-25-12-11-20(16-30-25)37-13-4-3-5-14-37;1-15-9-10-26-21(11-15)30-22-12-20(18(13-27-22)23(33)16-7-8-16)29-19-6-4-5-17(24(19)34-3)25-28-14-32(2)31-25;1-31-13-25-23(30-31)15-5-3-6-17(22(15)33-2)27-18-11-20(28-19-7-4-10-26-29-19)24-12-16(18)21(32)14-8-9-14/h6-8,11-12,15-19H,3-5,9-10,13-14H2,1-2H3,(H2,30,31,33,34);4-6,9-14,16H,7-8H2,1-3H3,(H2,26,27,29,30);3-7,10-14H,8-9H2,1-2H3,(H2,24,27,28,29). The van der Waals surface area contributed by atoms with E-state index in [-0.39, 0.29) is 35.1 Å². The zero-order chi connectivity index (χ0) is 73.2. The molecule has 3 aromatic carbocycles. The SMILES string of the molecule is COc1c(Nc2cc(Nc3cc(C)ccn3)ncc2C(=O)C2CC2)cccc1-c1ncn(C)n1.COc1c(Nc2cc(Nc3ccc(N4CCCCC4)cn3)ncc2C(=O)C2CC2)cccc1-c1ncn(C)n1.COc1c(Nc2cc(Nc3cccnn3)ncc2C(=O)C2CC2)cccc1-c1ncn(C)n1. The average molecular weight is 1420 g/mol. The van der Waals surface area contributed by atoms with E-state index in [0.29, 0.717) is 120 Å². The van der Waals surface area contributed by atoms with E-state index >= 15 is 0 Å². The van der Waals surface area contributed by atoms with Crippen molar-refractivity contribution in [3.05, 3.63) is 188 Å². The van der Waals surface area contributed by atoms with Crippen molar-refractivity contribution in [3.8, 4) is 51.4 Å². The Kier molecular flexibility index (Phi) is 20.9. The number of Topliss-reactive ketones (excluding diaryl/α,β-unsaturated/α-hetero) is 3. The second-order valence-electron chi connectivity index (χ2n) is 26.2. The number of anilines is 13. The lowest BCUT2D eigenvalue weighted by molar-refractivity contribution is 0.0960. The third-order valence-electron chi connectivity index (χ3n) is 18.1. The first kappa shape index (κ1) is 70.0. The van der Waals surface area contributed by atoms with Gasteiger partial charge in [0.2, 0.25) is 0 Å². The Labute approximate surface area is 611 Å². The Morgan fingerprint density at radius 2 is 0.802 bits per heavy atom. The van der Waals surface area contributed by atoms with Crippen molar-refractivity contribution in [2.45, 2.75) is 64.7 Å². The number of nitrogens with zero attached hydrogens (tertiary/aromatic N) is 17. The summed E-state index contributed by atoms with van der Waals surface area (Å²) in [4.78, 5) is 77.0. The zero-order valence-electron chi connectivity index (χ0n) is 59.7. The second-order valence-corrected chi connectivity index (χ2v) is 26.2. The zero-order valence-corrected chi connectivity index (χ0v) is 59.7. The molecule has 0 radical (unpaired) electrons. The minimum Gasteiger partial charge on any atom is -0.494 e. The average Bonchev–Trinajstić information content (AvgIpc) is 1.51. The molecule has 0 amide bonds. The normalized spacial score (nSPS) is 13.7. The van der Waals surface area contributed by atoms with Gasteiger partial charge >= 0.3 is 0 Å². The molecule has 10 heterocycles. The Hall–Kier alpha value is -13.1. The van der Waals surface area contributed by atoms with Crippen molar-refractivity contribution in [1.82, 2.24) is 79.4 Å². The van der Waals surface area contributed by atoms with Crippen LogP contribution in [0, 0.1) is 24.7 Å². The number of aryl methyl sites for hydroxylation is 4. The maximum atomic E-state index is 13.1. The molecule has 16 rings (SSSR count). The number of benzene rings is 3. The molecule has 0 bridgehead atoms. The van der Waals surface area contributed by atoms with Gasteiger partial charge in [-0.05, 0) is 143 Å². The molecule has 4 fully saturated rings. The number of ether oxygens (including phenoxy) is 3. The molecule has 29 heteroatoms. The first-order valence-corrected chi connectivity index (χ1v) is 35.0. The van der Waals surface area contributed by atoms with E-state index in [0.717, 1.165) is 79.6 Å². The van der Waals surface area contributed by atoms with Crippen molar-refractivity contribution in [2.24, 2.45) is 38.9 Å². The van der Waals surface area contributed by atoms with E-state index in [1.165, 1.54) is 19.3 Å². The van der Waals surface area contributed by atoms with Crippen LogP contribution in [0.3, 0.4) is 0 Å². The van der Waals surface area contributed by atoms with Crippen molar-refractivity contribution in [2.75, 3.05) is 71.2 Å². The van der Waals surface area contributed by atoms with Gasteiger partial charge in [0.15, 0.2) is 57.9 Å². The van der Waals surface area contributed by atoms with Gasteiger partial charge < -0.3 is 51.0 Å². The van der Waals surface area contributed by atoms with Crippen LogP contribution in [0.5, 0.6) is 17.2 Å². The predicted molar refractivity (Wildman–Crippen MR) is 404 cm³/mol. The van der Waals surface area contributed by atoms with Crippen LogP contribution >= 0.6 is 0 Å². The summed E-state index contributed by atoms with van der Waals surface area (Å²) in [6.07, 6.45) is 24.2. The number of hydrogen-bond donors (Lipinski definition) is 6. The molecule has 3 aliphatic carbocycles. The molecule has 29 nitrogen and oxygen atoms in total. The largest absolute Gasteiger partial charge is 0.494 e. The number of methoxy groups -OCH3 is 3. The number of para-hydroxylation sites is 3. The maximum Gasteiger partial charge on any atom is 0.184 e. The van der Waals surface area contributed by atoms with E-state index in [1.807, 2.05) is 119 Å². The highest BCUT2D eigenvalue weighted by molar-refractivity contribution is 6.07. The number of carbonyl (C=O) groups excluding carboxylic acids is 3. The van der Waals surface area contributed by atoms with Gasteiger partial charge in [-0.15, -0.1) is 5.10 Å². The number of ketones is 3. The van der Waals surface area contributed by atoms with Crippen molar-refractivity contribution >= 4 is 92.1 Å². The van der Waals surface area contributed by atoms with Gasteiger partial charge in [-0.2, -0.15) is 20.4 Å². The van der Waals surface area contributed by atoms with Crippen LogP contribution in [0.15, 0.2) is 165 Å². The van der Waals surface area contributed by atoms with E-state index in [9.17, 15) is 14.4 Å². The van der Waals surface area contributed by atoms with E-state index in [2.05, 4.69) is 108 Å². The molecule has 6 N–H and O–H groups in total. The van der Waals surface area contributed by atoms with Crippen LogP contribution in [0.4, 0.5) is 74.7 Å². The molecule has 1 saturated heterocycles. The van der Waals surface area contributed by atoms with Crippen LogP contribution in [0.2, 0.25) is 0 Å². The molecule has 4 aliphatic rings. The van der Waals surface area contributed by atoms with Crippen LogP contribution in [0.25, 0.3) is 34.2 Å². The molecule has 12 aromatic rings. The Morgan fingerprint density at radius 1 is 0.396 bits per heavy atom. The van der Waals surface area contributed by atoms with E-state index in [4.69, 9.17) is 14.2 Å². The van der Waals surface area contributed by atoms with Crippen LogP contribution in [-0.2, 0) is 21.1 Å². The van der Waals surface area contributed by atoms with Gasteiger partial charge in [0.1, 0.15) is 48.1 Å². The number of nitrogens with one attached hydrogen (secondary N) is 6. The first-order chi connectivity index (χ1) is 51.7. The first-order valence-electron chi connectivity index (χ1n) is 35.0. The molecule has 0 spiro atoms. The van der Waals surface area contributed by atoms with E-state index in [1.54, 1.807) is 104 Å². The lowest BCUT2D eigenvalue weighted by Crippen LogP contribution is -2.29. The number of piperidine rings is 1. The number of pyridine rings is 5. The topological polar surface area (TPSA) is 337 Å². The third-order valence-corrected chi connectivity index (χ3v) is 18.1. The van der Waals surface area contributed by atoms with Crippen LogP contribution < -0.4 is 51.0 Å². The van der Waals surface area contributed by atoms with Crippen molar-refractivity contribution in [1.29, 1.82) is 0 Å². The third kappa shape index (κ3) is 16.7. The summed E-state index contributed by atoms with van der Waals surface area (Å²) in [5.41, 5.74) is 10.1. The highest BCUT2D eigenvalue weighted by atomic mass is 16.5. The van der Waals surface area contributed by atoms with E-state index < -0.39 is 0 Å². The number of hydrogen-bond acceptors (Lipinski definition) is 26. The van der Waals surface area contributed by atoms with Gasteiger partial charge in [0.05, 0.1) is 101 Å². The summed E-state index contributed by atoms with van der Waals surface area (Å²) in [6, 6.07) is 34.0. The predicted octanol–water partition coefficient (Wildman–Crippen LogP) is 13.8. The summed E-state index contributed by atoms with van der Waals surface area (Å²) >= 11 is 0. The quantitative estimate of drug-likeness (QED) is 0.0289. The highest BCUT2D eigenvalue weighted by Crippen LogP contribution is 2.44. The molecule has 3 saturated carbocycles. The molecule has 106 heavy (non-hydrogen) atoms.